The van der Waals surface area contributed by atoms with Crippen molar-refractivity contribution in [3.8, 4) is 0 Å². The molecule has 0 aromatic rings. The molecule has 1 atom stereocenters. The van der Waals surface area contributed by atoms with E-state index in [0.717, 1.165) is 25.9 Å². The highest BCUT2D eigenvalue weighted by Gasteiger charge is 2.22. The second-order valence-corrected chi connectivity index (χ2v) is 3.87. The fraction of sp³-hybridized carbons (Fsp3) is 0.889. The third-order valence-electron chi connectivity index (χ3n) is 2.74. The van der Waals surface area contributed by atoms with Gasteiger partial charge in [-0.25, -0.2) is 0 Å². The number of hydrogen-bond acceptors (Lipinski definition) is 4. The van der Waals surface area contributed by atoms with Gasteiger partial charge < -0.3 is 20.8 Å². The van der Waals surface area contributed by atoms with Gasteiger partial charge in [0.1, 0.15) is 6.04 Å². The lowest BCUT2D eigenvalue weighted by Gasteiger charge is -2.31. The fourth-order valence-electron chi connectivity index (χ4n) is 1.71. The van der Waals surface area contributed by atoms with Crippen LogP contribution in [0.2, 0.25) is 0 Å². The first kappa shape index (κ1) is 11.4. The number of piperidine rings is 1. The maximum absolute atomic E-state index is 10.5. The van der Waals surface area contributed by atoms with E-state index in [-0.39, 0.29) is 6.61 Å². The maximum Gasteiger partial charge on any atom is 0.321 e. The van der Waals surface area contributed by atoms with Crippen molar-refractivity contribution in [3.05, 3.63) is 0 Å². The molecule has 0 aromatic carbocycles. The summed E-state index contributed by atoms with van der Waals surface area (Å²) < 4.78 is 0. The van der Waals surface area contributed by atoms with Gasteiger partial charge in [0.15, 0.2) is 0 Å². The number of carboxylic acids is 1. The van der Waals surface area contributed by atoms with E-state index < -0.39 is 12.0 Å². The third kappa shape index (κ3) is 3.25. The fourth-order valence-corrected chi connectivity index (χ4v) is 1.71. The van der Waals surface area contributed by atoms with Crippen LogP contribution in [0.4, 0.5) is 0 Å². The van der Waals surface area contributed by atoms with Gasteiger partial charge in [-0.05, 0) is 31.8 Å². The lowest BCUT2D eigenvalue weighted by molar-refractivity contribution is -0.139. The van der Waals surface area contributed by atoms with Crippen molar-refractivity contribution < 1.29 is 15.0 Å². The Balaban J connectivity index is 2.25. The number of nitrogens with two attached hydrogens (primary N) is 1. The van der Waals surface area contributed by atoms with E-state index in [1.165, 1.54) is 0 Å². The van der Waals surface area contributed by atoms with Gasteiger partial charge >= 0.3 is 5.97 Å². The molecule has 0 aliphatic carbocycles. The number of aliphatic carboxylic acids is 1. The van der Waals surface area contributed by atoms with Gasteiger partial charge in [-0.1, -0.05) is 0 Å². The summed E-state index contributed by atoms with van der Waals surface area (Å²) in [7, 11) is 0. The molecule has 1 aliphatic rings. The molecule has 0 saturated carbocycles. The van der Waals surface area contributed by atoms with Crippen LogP contribution in [0.5, 0.6) is 0 Å². The number of nitrogens with zero attached hydrogens (tertiary/aromatic N) is 1. The highest BCUT2D eigenvalue weighted by atomic mass is 16.4. The quantitative estimate of drug-likeness (QED) is 0.550. The molecule has 1 fully saturated rings. The van der Waals surface area contributed by atoms with Crippen LogP contribution < -0.4 is 5.73 Å². The van der Waals surface area contributed by atoms with Gasteiger partial charge in [-0.3, -0.25) is 4.79 Å². The molecule has 1 heterocycles. The Hall–Kier alpha value is -0.650. The molecule has 0 spiro atoms. The predicted molar refractivity (Wildman–Crippen MR) is 51.9 cm³/mol. The number of rotatable bonds is 4. The Bertz CT molecular complexity index is 190. The number of likely N-dealkylation sites (tertiary alicyclic amines) is 1. The minimum Gasteiger partial charge on any atom is -0.480 e. The summed E-state index contributed by atoms with van der Waals surface area (Å²) in [5.74, 6) is -0.568. The van der Waals surface area contributed by atoms with E-state index in [9.17, 15) is 4.79 Å². The summed E-state index contributed by atoms with van der Waals surface area (Å²) in [6.07, 6.45) is 1.87. The van der Waals surface area contributed by atoms with Crippen LogP contribution >= 0.6 is 0 Å². The number of aliphatic hydroxyl groups excluding tert-OH is 1. The van der Waals surface area contributed by atoms with Crippen molar-refractivity contribution in [2.75, 3.05) is 26.2 Å². The van der Waals surface area contributed by atoms with E-state index >= 15 is 0 Å². The summed E-state index contributed by atoms with van der Waals surface area (Å²) >= 11 is 0. The van der Waals surface area contributed by atoms with Gasteiger partial charge in [0.25, 0.3) is 0 Å². The molecule has 0 bridgehead atoms. The van der Waals surface area contributed by atoms with Crippen molar-refractivity contribution in [3.63, 3.8) is 0 Å². The zero-order chi connectivity index (χ0) is 10.6. The van der Waals surface area contributed by atoms with Crippen molar-refractivity contribution in [2.24, 2.45) is 11.7 Å². The maximum atomic E-state index is 10.5. The monoisotopic (exact) mass is 202 g/mol. The van der Waals surface area contributed by atoms with E-state index in [1.54, 1.807) is 0 Å². The number of aliphatic hydroxyl groups is 1. The normalized spacial score (nSPS) is 22.1. The van der Waals surface area contributed by atoms with Crippen molar-refractivity contribution in [2.45, 2.75) is 18.9 Å². The molecule has 5 nitrogen and oxygen atoms in total. The summed E-state index contributed by atoms with van der Waals surface area (Å²) in [4.78, 5) is 12.5. The second-order valence-electron chi connectivity index (χ2n) is 3.87. The summed E-state index contributed by atoms with van der Waals surface area (Å²) in [5.41, 5.74) is 5.42. The molecule has 14 heavy (non-hydrogen) atoms. The Labute approximate surface area is 83.5 Å². The Morgan fingerprint density at radius 1 is 1.50 bits per heavy atom. The first-order valence-electron chi connectivity index (χ1n) is 4.95. The Morgan fingerprint density at radius 3 is 2.50 bits per heavy atom. The highest BCUT2D eigenvalue weighted by Crippen LogP contribution is 2.15. The van der Waals surface area contributed by atoms with Gasteiger partial charge in [-0.15, -0.1) is 0 Å². The molecule has 0 radical (unpaired) electrons. The minimum absolute atomic E-state index is 0.235. The summed E-state index contributed by atoms with van der Waals surface area (Å²) in [6.45, 7) is 2.32. The summed E-state index contributed by atoms with van der Waals surface area (Å²) in [5, 5.41) is 17.5. The van der Waals surface area contributed by atoms with Crippen LogP contribution in [0.15, 0.2) is 0 Å². The molecule has 0 aromatic heterocycles. The lowest BCUT2D eigenvalue weighted by atomic mass is 9.97. The molecule has 1 unspecified atom stereocenters. The molecular weight excluding hydrogens is 184 g/mol. The topological polar surface area (TPSA) is 86.8 Å². The van der Waals surface area contributed by atoms with Gasteiger partial charge in [0, 0.05) is 13.2 Å². The van der Waals surface area contributed by atoms with Crippen molar-refractivity contribution in [1.82, 2.24) is 4.90 Å². The first-order valence-corrected chi connectivity index (χ1v) is 4.95. The first-order chi connectivity index (χ1) is 6.63. The number of hydrogen-bond donors (Lipinski definition) is 3. The van der Waals surface area contributed by atoms with E-state index in [4.69, 9.17) is 15.9 Å². The van der Waals surface area contributed by atoms with Crippen LogP contribution in [-0.2, 0) is 4.79 Å². The summed E-state index contributed by atoms with van der Waals surface area (Å²) in [6, 6.07) is -0.791. The molecule has 4 N–H and O–H groups in total. The van der Waals surface area contributed by atoms with E-state index in [2.05, 4.69) is 0 Å². The zero-order valence-corrected chi connectivity index (χ0v) is 8.22. The van der Waals surface area contributed by atoms with Crippen LogP contribution in [0.3, 0.4) is 0 Å². The van der Waals surface area contributed by atoms with Crippen LogP contribution in [0.1, 0.15) is 12.8 Å². The Morgan fingerprint density at radius 2 is 2.07 bits per heavy atom. The molecule has 5 heteroatoms. The van der Waals surface area contributed by atoms with Crippen LogP contribution in [-0.4, -0.2) is 53.4 Å². The van der Waals surface area contributed by atoms with Gasteiger partial charge in [0.05, 0.1) is 0 Å². The average molecular weight is 202 g/mol. The average Bonchev–Trinajstić information content (AvgIpc) is 2.19. The second kappa shape index (κ2) is 5.29. The van der Waals surface area contributed by atoms with E-state index in [1.807, 2.05) is 4.90 Å². The van der Waals surface area contributed by atoms with Gasteiger partial charge in [0.2, 0.25) is 0 Å². The largest absolute Gasteiger partial charge is 0.480 e. The standard InChI is InChI=1S/C9H18N2O3/c10-8(9(13)14)5-11-3-1-7(6-12)2-4-11/h7-8,12H,1-6,10H2,(H,13,14). The Kier molecular flexibility index (Phi) is 4.31. The van der Waals surface area contributed by atoms with Crippen LogP contribution in [0, 0.1) is 5.92 Å². The zero-order valence-electron chi connectivity index (χ0n) is 8.22. The number of carbonyl (C=O) groups is 1. The smallest absolute Gasteiger partial charge is 0.321 e. The highest BCUT2D eigenvalue weighted by molar-refractivity contribution is 5.73. The molecule has 0 amide bonds. The molecule has 1 saturated heterocycles. The number of carboxylic acid groups (broad SMARTS) is 1. The molecule has 1 aliphatic heterocycles. The van der Waals surface area contributed by atoms with Crippen LogP contribution in [0.25, 0.3) is 0 Å². The minimum atomic E-state index is -0.950. The SMILES string of the molecule is NC(CN1CCC(CO)CC1)C(=O)O. The van der Waals surface area contributed by atoms with E-state index in [0.29, 0.717) is 12.5 Å². The van der Waals surface area contributed by atoms with Gasteiger partial charge in [-0.2, -0.15) is 0 Å². The van der Waals surface area contributed by atoms with Crippen molar-refractivity contribution >= 4 is 5.97 Å². The molecule has 82 valence electrons. The molecular formula is C9H18N2O3. The predicted octanol–water partition coefficient (Wildman–Crippen LogP) is -0.897. The molecule has 1 rings (SSSR count). The van der Waals surface area contributed by atoms with Crippen molar-refractivity contribution in [1.29, 1.82) is 0 Å². The lowest BCUT2D eigenvalue weighted by Crippen LogP contribution is -2.45. The third-order valence-corrected chi connectivity index (χ3v) is 2.74.